The van der Waals surface area contributed by atoms with Crippen molar-refractivity contribution in [3.63, 3.8) is 0 Å². The predicted octanol–water partition coefficient (Wildman–Crippen LogP) is 6.09. The molecule has 0 radical (unpaired) electrons. The zero-order chi connectivity index (χ0) is 22.0. The lowest BCUT2D eigenvalue weighted by atomic mass is 10.1. The average molecular weight is 454 g/mol. The van der Waals surface area contributed by atoms with Crippen molar-refractivity contribution in [1.82, 2.24) is 0 Å². The number of carbonyl (C=O) groups excluding carboxylic acids is 1. The van der Waals surface area contributed by atoms with Crippen LogP contribution in [0.25, 0.3) is 22.1 Å². The van der Waals surface area contributed by atoms with E-state index in [-0.39, 0.29) is 17.9 Å². The molecule has 0 fully saturated rings. The molecule has 0 aliphatic carbocycles. The number of aryl methyl sites for hydroxylation is 1. The summed E-state index contributed by atoms with van der Waals surface area (Å²) in [7, 11) is 0. The van der Waals surface area contributed by atoms with Gasteiger partial charge in [0.2, 0.25) is 0 Å². The molecule has 1 amide bonds. The van der Waals surface area contributed by atoms with Gasteiger partial charge in [0.15, 0.2) is 12.0 Å². The summed E-state index contributed by atoms with van der Waals surface area (Å²) in [6, 6.07) is 17.0. The molecule has 1 heterocycles. The Labute approximate surface area is 188 Å². The summed E-state index contributed by atoms with van der Waals surface area (Å²) >= 11 is 11.8. The lowest BCUT2D eigenvalue weighted by Gasteiger charge is -2.10. The van der Waals surface area contributed by atoms with Crippen LogP contribution in [0.5, 0.6) is 5.75 Å². The SMILES string of the molecule is Cc1cc(Cl)ccc1NC(=O)COc1ccc2c(=O)c(-c3ccc(Cl)cc3)coc2c1. The van der Waals surface area contributed by atoms with Gasteiger partial charge in [-0.1, -0.05) is 35.3 Å². The van der Waals surface area contributed by atoms with Crippen LogP contribution in [0, 0.1) is 6.92 Å². The molecule has 0 bridgehead atoms. The van der Waals surface area contributed by atoms with Crippen LogP contribution < -0.4 is 15.5 Å². The van der Waals surface area contributed by atoms with Gasteiger partial charge in [0, 0.05) is 21.8 Å². The molecule has 0 unspecified atom stereocenters. The van der Waals surface area contributed by atoms with Crippen molar-refractivity contribution in [2.75, 3.05) is 11.9 Å². The van der Waals surface area contributed by atoms with Gasteiger partial charge in [-0.25, -0.2) is 0 Å². The highest BCUT2D eigenvalue weighted by Gasteiger charge is 2.11. The molecule has 0 saturated heterocycles. The number of rotatable bonds is 5. The van der Waals surface area contributed by atoms with Gasteiger partial charge in [-0.15, -0.1) is 0 Å². The third-order valence-electron chi connectivity index (χ3n) is 4.73. The van der Waals surface area contributed by atoms with Crippen molar-refractivity contribution >= 4 is 45.8 Å². The Morgan fingerprint density at radius 3 is 2.48 bits per heavy atom. The molecule has 5 nitrogen and oxygen atoms in total. The molecule has 7 heteroatoms. The standard InChI is InChI=1S/C24H17Cl2NO4/c1-14-10-17(26)6-9-21(14)27-23(28)13-30-18-7-8-19-22(11-18)31-12-20(24(19)29)15-2-4-16(25)5-3-15/h2-12H,13H2,1H3,(H,27,28). The van der Waals surface area contributed by atoms with E-state index in [9.17, 15) is 9.59 Å². The first-order valence-corrected chi connectivity index (χ1v) is 10.2. The number of benzene rings is 3. The van der Waals surface area contributed by atoms with Crippen LogP contribution in [0.4, 0.5) is 5.69 Å². The van der Waals surface area contributed by atoms with E-state index in [0.29, 0.717) is 38.0 Å². The molecule has 0 spiro atoms. The van der Waals surface area contributed by atoms with E-state index >= 15 is 0 Å². The van der Waals surface area contributed by atoms with Gasteiger partial charge in [0.25, 0.3) is 5.91 Å². The number of hydrogen-bond acceptors (Lipinski definition) is 4. The highest BCUT2D eigenvalue weighted by Crippen LogP contribution is 2.24. The predicted molar refractivity (Wildman–Crippen MR) is 123 cm³/mol. The van der Waals surface area contributed by atoms with Crippen LogP contribution >= 0.6 is 23.2 Å². The van der Waals surface area contributed by atoms with Crippen molar-refractivity contribution in [3.05, 3.63) is 92.8 Å². The second kappa shape index (κ2) is 8.84. The molecular formula is C24H17Cl2NO4. The van der Waals surface area contributed by atoms with Crippen molar-refractivity contribution in [2.45, 2.75) is 6.92 Å². The average Bonchev–Trinajstić information content (AvgIpc) is 2.75. The summed E-state index contributed by atoms with van der Waals surface area (Å²) in [6.45, 7) is 1.66. The van der Waals surface area contributed by atoms with Crippen LogP contribution in [0.1, 0.15) is 5.56 Å². The Balaban J connectivity index is 1.49. The van der Waals surface area contributed by atoms with Crippen molar-refractivity contribution in [1.29, 1.82) is 0 Å². The topological polar surface area (TPSA) is 68.5 Å². The van der Waals surface area contributed by atoms with Crippen LogP contribution in [0.2, 0.25) is 10.0 Å². The molecular weight excluding hydrogens is 437 g/mol. The number of nitrogens with one attached hydrogen (secondary N) is 1. The van der Waals surface area contributed by atoms with Crippen LogP contribution in [-0.2, 0) is 4.79 Å². The molecule has 0 saturated carbocycles. The first-order chi connectivity index (χ1) is 14.9. The molecule has 0 aliphatic rings. The molecule has 31 heavy (non-hydrogen) atoms. The summed E-state index contributed by atoms with van der Waals surface area (Å²) in [5.74, 6) is 0.0999. The fourth-order valence-corrected chi connectivity index (χ4v) is 3.48. The molecule has 0 aliphatic heterocycles. The van der Waals surface area contributed by atoms with E-state index in [4.69, 9.17) is 32.4 Å². The van der Waals surface area contributed by atoms with Gasteiger partial charge in [0.05, 0.1) is 10.9 Å². The first-order valence-electron chi connectivity index (χ1n) is 9.41. The van der Waals surface area contributed by atoms with E-state index in [1.807, 2.05) is 6.92 Å². The molecule has 4 aromatic rings. The Bertz CT molecular complexity index is 1330. The maximum atomic E-state index is 12.8. The number of amides is 1. The smallest absolute Gasteiger partial charge is 0.262 e. The van der Waals surface area contributed by atoms with E-state index < -0.39 is 0 Å². The normalized spacial score (nSPS) is 10.8. The number of anilines is 1. The van der Waals surface area contributed by atoms with E-state index in [0.717, 1.165) is 11.1 Å². The van der Waals surface area contributed by atoms with E-state index in [1.165, 1.54) is 6.26 Å². The van der Waals surface area contributed by atoms with Gasteiger partial charge in [-0.3, -0.25) is 9.59 Å². The summed E-state index contributed by atoms with van der Waals surface area (Å²) in [5.41, 5.74) is 2.88. The Kier molecular flexibility index (Phi) is 5.98. The second-order valence-electron chi connectivity index (χ2n) is 6.94. The lowest BCUT2D eigenvalue weighted by molar-refractivity contribution is -0.118. The zero-order valence-corrected chi connectivity index (χ0v) is 18.0. The first kappa shape index (κ1) is 21.0. The molecule has 1 aromatic heterocycles. The Morgan fingerprint density at radius 2 is 1.74 bits per heavy atom. The zero-order valence-electron chi connectivity index (χ0n) is 16.4. The minimum Gasteiger partial charge on any atom is -0.484 e. The fraction of sp³-hybridized carbons (Fsp3) is 0.0833. The number of hydrogen-bond donors (Lipinski definition) is 1. The minimum absolute atomic E-state index is 0.161. The maximum Gasteiger partial charge on any atom is 0.262 e. The van der Waals surface area contributed by atoms with Gasteiger partial charge < -0.3 is 14.5 Å². The van der Waals surface area contributed by atoms with Crippen molar-refractivity contribution < 1.29 is 13.9 Å². The monoisotopic (exact) mass is 453 g/mol. The number of ether oxygens (including phenoxy) is 1. The minimum atomic E-state index is -0.315. The van der Waals surface area contributed by atoms with Gasteiger partial charge in [-0.05, 0) is 60.5 Å². The van der Waals surface area contributed by atoms with Crippen LogP contribution in [0.15, 0.2) is 76.1 Å². The Hall–Kier alpha value is -3.28. The van der Waals surface area contributed by atoms with Gasteiger partial charge in [0.1, 0.15) is 17.6 Å². The van der Waals surface area contributed by atoms with E-state index in [1.54, 1.807) is 60.7 Å². The van der Waals surface area contributed by atoms with Gasteiger partial charge in [-0.2, -0.15) is 0 Å². The van der Waals surface area contributed by atoms with Crippen molar-refractivity contribution in [3.8, 4) is 16.9 Å². The fourth-order valence-electron chi connectivity index (χ4n) is 3.13. The largest absolute Gasteiger partial charge is 0.484 e. The maximum absolute atomic E-state index is 12.8. The number of carbonyl (C=O) groups is 1. The summed E-state index contributed by atoms with van der Waals surface area (Å²) in [6.07, 6.45) is 1.41. The molecule has 3 aromatic carbocycles. The van der Waals surface area contributed by atoms with Crippen molar-refractivity contribution in [2.24, 2.45) is 0 Å². The third-order valence-corrected chi connectivity index (χ3v) is 5.22. The third kappa shape index (κ3) is 4.74. The summed E-state index contributed by atoms with van der Waals surface area (Å²) in [5, 5.41) is 4.39. The van der Waals surface area contributed by atoms with Crippen LogP contribution in [-0.4, -0.2) is 12.5 Å². The molecule has 0 atom stereocenters. The second-order valence-corrected chi connectivity index (χ2v) is 7.81. The lowest BCUT2D eigenvalue weighted by Crippen LogP contribution is -2.20. The molecule has 156 valence electrons. The quantitative estimate of drug-likeness (QED) is 0.396. The summed E-state index contributed by atoms with van der Waals surface area (Å²) in [4.78, 5) is 25.1. The molecule has 1 N–H and O–H groups in total. The highest BCUT2D eigenvalue weighted by molar-refractivity contribution is 6.31. The van der Waals surface area contributed by atoms with Gasteiger partial charge >= 0.3 is 0 Å². The highest BCUT2D eigenvalue weighted by atomic mass is 35.5. The summed E-state index contributed by atoms with van der Waals surface area (Å²) < 4.78 is 11.2. The van der Waals surface area contributed by atoms with Crippen LogP contribution in [0.3, 0.4) is 0 Å². The Morgan fingerprint density at radius 1 is 1.00 bits per heavy atom. The molecule has 4 rings (SSSR count). The van der Waals surface area contributed by atoms with E-state index in [2.05, 4.69) is 5.32 Å². The number of fused-ring (bicyclic) bond motifs is 1. The number of halogens is 2.